The second kappa shape index (κ2) is 4.06. The van der Waals surface area contributed by atoms with Gasteiger partial charge in [-0.3, -0.25) is 0 Å². The summed E-state index contributed by atoms with van der Waals surface area (Å²) in [4.78, 5) is 0. The third kappa shape index (κ3) is 2.03. The van der Waals surface area contributed by atoms with Crippen molar-refractivity contribution in [3.05, 3.63) is 11.6 Å². The fourth-order valence-electron chi connectivity index (χ4n) is 3.00. The zero-order valence-electron chi connectivity index (χ0n) is 9.50. The monoisotopic (exact) mass is 193 g/mol. The van der Waals surface area contributed by atoms with Crippen LogP contribution in [-0.4, -0.2) is 6.04 Å². The van der Waals surface area contributed by atoms with Gasteiger partial charge in [-0.2, -0.15) is 0 Å². The summed E-state index contributed by atoms with van der Waals surface area (Å²) in [5.74, 6) is 2.71. The summed E-state index contributed by atoms with van der Waals surface area (Å²) in [6.45, 7) is 4.81. The highest BCUT2D eigenvalue weighted by molar-refractivity contribution is 5.17. The second-order valence-corrected chi connectivity index (χ2v) is 5.41. The van der Waals surface area contributed by atoms with Crippen molar-refractivity contribution in [1.29, 1.82) is 0 Å². The van der Waals surface area contributed by atoms with E-state index in [4.69, 9.17) is 5.73 Å². The quantitative estimate of drug-likeness (QED) is 0.636. The standard InChI is InChI=1S/C13H23N/c1-9-3-4-11(7-10(9)2)12-5-6-13(14)8-12/h8-11,13H,3-7,14H2,1-2H3. The molecule has 0 aromatic carbocycles. The first-order chi connectivity index (χ1) is 6.66. The molecule has 0 spiro atoms. The number of nitrogens with two attached hydrogens (primary N) is 1. The molecule has 2 N–H and O–H groups in total. The first-order valence-corrected chi connectivity index (χ1v) is 6.13. The van der Waals surface area contributed by atoms with E-state index in [2.05, 4.69) is 19.9 Å². The second-order valence-electron chi connectivity index (χ2n) is 5.41. The Morgan fingerprint density at radius 1 is 1.14 bits per heavy atom. The third-order valence-electron chi connectivity index (χ3n) is 4.32. The minimum Gasteiger partial charge on any atom is -0.324 e. The van der Waals surface area contributed by atoms with E-state index in [1.807, 2.05) is 0 Å². The van der Waals surface area contributed by atoms with Crippen LogP contribution in [0.4, 0.5) is 0 Å². The van der Waals surface area contributed by atoms with E-state index >= 15 is 0 Å². The van der Waals surface area contributed by atoms with Gasteiger partial charge in [-0.25, -0.2) is 0 Å². The molecule has 1 saturated carbocycles. The van der Waals surface area contributed by atoms with E-state index in [-0.39, 0.29) is 0 Å². The van der Waals surface area contributed by atoms with Crippen molar-refractivity contribution in [3.8, 4) is 0 Å². The van der Waals surface area contributed by atoms with E-state index in [1.165, 1.54) is 32.1 Å². The number of rotatable bonds is 1. The molecule has 14 heavy (non-hydrogen) atoms. The smallest absolute Gasteiger partial charge is 0.0229 e. The topological polar surface area (TPSA) is 26.0 Å². The normalized spacial score (nSPS) is 43.8. The Hall–Kier alpha value is -0.300. The van der Waals surface area contributed by atoms with Gasteiger partial charge in [-0.15, -0.1) is 0 Å². The lowest BCUT2D eigenvalue weighted by atomic mass is 9.73. The van der Waals surface area contributed by atoms with Crippen LogP contribution in [0.2, 0.25) is 0 Å². The molecule has 80 valence electrons. The van der Waals surface area contributed by atoms with Gasteiger partial charge >= 0.3 is 0 Å². The van der Waals surface area contributed by atoms with Gasteiger partial charge in [0.1, 0.15) is 0 Å². The zero-order chi connectivity index (χ0) is 10.1. The van der Waals surface area contributed by atoms with Crippen LogP contribution in [0.1, 0.15) is 46.0 Å². The predicted octanol–water partition coefficient (Wildman–Crippen LogP) is 3.11. The fraction of sp³-hybridized carbons (Fsp3) is 0.846. The Morgan fingerprint density at radius 3 is 2.50 bits per heavy atom. The van der Waals surface area contributed by atoms with Gasteiger partial charge in [-0.05, 0) is 49.9 Å². The summed E-state index contributed by atoms with van der Waals surface area (Å²) in [5, 5.41) is 0. The average Bonchev–Trinajstić information content (AvgIpc) is 2.57. The van der Waals surface area contributed by atoms with Crippen LogP contribution < -0.4 is 5.73 Å². The Balaban J connectivity index is 1.96. The molecular weight excluding hydrogens is 170 g/mol. The van der Waals surface area contributed by atoms with Gasteiger partial charge in [0, 0.05) is 6.04 Å². The van der Waals surface area contributed by atoms with Crippen molar-refractivity contribution in [3.63, 3.8) is 0 Å². The molecule has 4 unspecified atom stereocenters. The summed E-state index contributed by atoms with van der Waals surface area (Å²) in [7, 11) is 0. The van der Waals surface area contributed by atoms with E-state index in [1.54, 1.807) is 5.57 Å². The van der Waals surface area contributed by atoms with Crippen LogP contribution in [0, 0.1) is 17.8 Å². The molecule has 2 aliphatic rings. The van der Waals surface area contributed by atoms with Crippen molar-refractivity contribution in [2.24, 2.45) is 23.5 Å². The zero-order valence-corrected chi connectivity index (χ0v) is 9.50. The molecule has 0 radical (unpaired) electrons. The molecule has 1 fully saturated rings. The highest BCUT2D eigenvalue weighted by Gasteiger charge is 2.28. The Kier molecular flexibility index (Phi) is 2.96. The van der Waals surface area contributed by atoms with Crippen LogP contribution in [0.3, 0.4) is 0 Å². The van der Waals surface area contributed by atoms with Gasteiger partial charge in [-0.1, -0.05) is 25.5 Å². The highest BCUT2D eigenvalue weighted by Crippen LogP contribution is 2.39. The van der Waals surface area contributed by atoms with Gasteiger partial charge in [0.05, 0.1) is 0 Å². The maximum atomic E-state index is 5.92. The summed E-state index contributed by atoms with van der Waals surface area (Å²) < 4.78 is 0. The number of hydrogen-bond donors (Lipinski definition) is 1. The Morgan fingerprint density at radius 2 is 1.93 bits per heavy atom. The Bertz CT molecular complexity index is 231. The van der Waals surface area contributed by atoms with Crippen LogP contribution in [0.25, 0.3) is 0 Å². The molecular formula is C13H23N. The first-order valence-electron chi connectivity index (χ1n) is 6.13. The molecule has 0 bridgehead atoms. The molecule has 0 heterocycles. The number of hydrogen-bond acceptors (Lipinski definition) is 1. The molecule has 1 heteroatoms. The van der Waals surface area contributed by atoms with Crippen molar-refractivity contribution in [1.82, 2.24) is 0 Å². The minimum atomic E-state index is 0.361. The van der Waals surface area contributed by atoms with Crippen LogP contribution >= 0.6 is 0 Å². The number of allylic oxidation sites excluding steroid dienone is 1. The van der Waals surface area contributed by atoms with Crippen LogP contribution in [-0.2, 0) is 0 Å². The summed E-state index contributed by atoms with van der Waals surface area (Å²) >= 11 is 0. The lowest BCUT2D eigenvalue weighted by Gasteiger charge is -2.32. The molecule has 2 aliphatic carbocycles. The Labute approximate surface area is 87.8 Å². The largest absolute Gasteiger partial charge is 0.324 e. The van der Waals surface area contributed by atoms with E-state index < -0.39 is 0 Å². The molecule has 0 aromatic heterocycles. The van der Waals surface area contributed by atoms with Crippen molar-refractivity contribution in [2.75, 3.05) is 0 Å². The fourth-order valence-corrected chi connectivity index (χ4v) is 3.00. The molecule has 1 nitrogen and oxygen atoms in total. The van der Waals surface area contributed by atoms with Gasteiger partial charge in [0.2, 0.25) is 0 Å². The average molecular weight is 193 g/mol. The molecule has 2 rings (SSSR count). The molecule has 0 aliphatic heterocycles. The molecule has 0 saturated heterocycles. The van der Waals surface area contributed by atoms with Crippen molar-refractivity contribution >= 4 is 0 Å². The lowest BCUT2D eigenvalue weighted by Crippen LogP contribution is -2.21. The predicted molar refractivity (Wildman–Crippen MR) is 61.0 cm³/mol. The van der Waals surface area contributed by atoms with E-state index in [9.17, 15) is 0 Å². The maximum absolute atomic E-state index is 5.92. The van der Waals surface area contributed by atoms with Crippen LogP contribution in [0.15, 0.2) is 11.6 Å². The molecule has 0 amide bonds. The van der Waals surface area contributed by atoms with Crippen molar-refractivity contribution in [2.45, 2.75) is 52.0 Å². The molecule has 0 aromatic rings. The van der Waals surface area contributed by atoms with Crippen LogP contribution in [0.5, 0.6) is 0 Å². The lowest BCUT2D eigenvalue weighted by molar-refractivity contribution is 0.228. The third-order valence-corrected chi connectivity index (χ3v) is 4.32. The highest BCUT2D eigenvalue weighted by atomic mass is 14.6. The first kappa shape index (κ1) is 10.2. The summed E-state index contributed by atoms with van der Waals surface area (Å²) in [5.41, 5.74) is 7.59. The summed E-state index contributed by atoms with van der Waals surface area (Å²) in [6.07, 6.45) is 9.03. The van der Waals surface area contributed by atoms with Gasteiger partial charge in [0.25, 0.3) is 0 Å². The van der Waals surface area contributed by atoms with Gasteiger partial charge < -0.3 is 5.73 Å². The summed E-state index contributed by atoms with van der Waals surface area (Å²) in [6, 6.07) is 0.361. The van der Waals surface area contributed by atoms with E-state index in [0.29, 0.717) is 6.04 Å². The van der Waals surface area contributed by atoms with Crippen molar-refractivity contribution < 1.29 is 0 Å². The molecule has 4 atom stereocenters. The maximum Gasteiger partial charge on any atom is 0.0229 e. The van der Waals surface area contributed by atoms with E-state index in [0.717, 1.165) is 17.8 Å². The van der Waals surface area contributed by atoms with Gasteiger partial charge in [0.15, 0.2) is 0 Å². The SMILES string of the molecule is CC1CCC(C2=CC(N)CC2)CC1C. The minimum absolute atomic E-state index is 0.361.